The Balaban J connectivity index is 1.57. The molecule has 1 fully saturated rings. The third kappa shape index (κ3) is 4.99. The van der Waals surface area contributed by atoms with Crippen molar-refractivity contribution in [3.8, 4) is 5.75 Å². The number of benzene rings is 2. The molecule has 1 aliphatic heterocycles. The smallest absolute Gasteiger partial charge is 0.251 e. The Morgan fingerprint density at radius 1 is 1.23 bits per heavy atom. The highest BCUT2D eigenvalue weighted by molar-refractivity contribution is 6.30. The molecule has 0 bridgehead atoms. The fraction of sp³-hybridized carbons (Fsp3) is 0.381. The van der Waals surface area contributed by atoms with E-state index in [1.807, 2.05) is 43.3 Å². The molecular weight excluding hydrogens is 350 g/mol. The second-order valence-corrected chi connectivity index (χ2v) is 6.89. The van der Waals surface area contributed by atoms with E-state index in [1.54, 1.807) is 12.1 Å². The van der Waals surface area contributed by atoms with Gasteiger partial charge in [0, 0.05) is 17.2 Å². The van der Waals surface area contributed by atoms with E-state index in [-0.39, 0.29) is 18.1 Å². The summed E-state index contributed by atoms with van der Waals surface area (Å²) in [6.07, 6.45) is 3.13. The van der Waals surface area contributed by atoms with Crippen LogP contribution in [0.25, 0.3) is 0 Å². The molecule has 1 saturated heterocycles. The normalized spacial score (nSPS) is 17.7. The number of carbonyl (C=O) groups excluding carboxylic acids is 1. The lowest BCUT2D eigenvalue weighted by Crippen LogP contribution is -2.28. The molecule has 2 unspecified atom stereocenters. The van der Waals surface area contributed by atoms with Gasteiger partial charge in [0.15, 0.2) is 0 Å². The summed E-state index contributed by atoms with van der Waals surface area (Å²) >= 11 is 5.94. The van der Waals surface area contributed by atoms with E-state index >= 15 is 0 Å². The summed E-state index contributed by atoms with van der Waals surface area (Å²) in [6.45, 7) is 3.42. The van der Waals surface area contributed by atoms with Gasteiger partial charge in [-0.2, -0.15) is 0 Å². The van der Waals surface area contributed by atoms with Gasteiger partial charge in [0.2, 0.25) is 0 Å². The monoisotopic (exact) mass is 373 g/mol. The Bertz CT molecular complexity index is 709. The standard InChI is InChI=1S/C21H24ClNO3/c1-2-20(15-5-9-17(22)10-6-15)23-21(24)16-7-11-18(12-8-16)26-14-19-4-3-13-25-19/h5-12,19-20H,2-4,13-14H2,1H3,(H,23,24). The van der Waals surface area contributed by atoms with Crippen molar-refractivity contribution in [2.75, 3.05) is 13.2 Å². The highest BCUT2D eigenvalue weighted by atomic mass is 35.5. The van der Waals surface area contributed by atoms with E-state index in [2.05, 4.69) is 5.32 Å². The Kier molecular flexibility index (Phi) is 6.53. The third-order valence-electron chi connectivity index (χ3n) is 4.56. The summed E-state index contributed by atoms with van der Waals surface area (Å²) in [5, 5.41) is 3.76. The minimum Gasteiger partial charge on any atom is -0.491 e. The van der Waals surface area contributed by atoms with Gasteiger partial charge in [-0.3, -0.25) is 4.79 Å². The first-order valence-corrected chi connectivity index (χ1v) is 9.44. The maximum Gasteiger partial charge on any atom is 0.251 e. The van der Waals surface area contributed by atoms with Gasteiger partial charge in [-0.1, -0.05) is 30.7 Å². The van der Waals surface area contributed by atoms with Crippen molar-refractivity contribution in [2.24, 2.45) is 0 Å². The summed E-state index contributed by atoms with van der Waals surface area (Å²) in [7, 11) is 0. The number of halogens is 1. The van der Waals surface area contributed by atoms with Crippen LogP contribution in [-0.2, 0) is 4.74 Å². The summed E-state index contributed by atoms with van der Waals surface area (Å²) < 4.78 is 11.3. The molecule has 0 saturated carbocycles. The second-order valence-electron chi connectivity index (χ2n) is 6.46. The first-order valence-electron chi connectivity index (χ1n) is 9.06. The van der Waals surface area contributed by atoms with Crippen LogP contribution in [0, 0.1) is 0 Å². The maximum atomic E-state index is 12.5. The first kappa shape index (κ1) is 18.7. The molecule has 2 atom stereocenters. The van der Waals surface area contributed by atoms with E-state index < -0.39 is 0 Å². The van der Waals surface area contributed by atoms with Crippen LogP contribution < -0.4 is 10.1 Å². The molecule has 1 amide bonds. The summed E-state index contributed by atoms with van der Waals surface area (Å²) in [4.78, 5) is 12.5. The molecule has 3 rings (SSSR count). The zero-order chi connectivity index (χ0) is 18.4. The van der Waals surface area contributed by atoms with Crippen LogP contribution in [0.1, 0.15) is 48.1 Å². The number of rotatable bonds is 7. The average molecular weight is 374 g/mol. The van der Waals surface area contributed by atoms with Gasteiger partial charge in [-0.25, -0.2) is 0 Å². The quantitative estimate of drug-likeness (QED) is 0.759. The highest BCUT2D eigenvalue weighted by Gasteiger charge is 2.17. The molecule has 2 aromatic carbocycles. The lowest BCUT2D eigenvalue weighted by atomic mass is 10.0. The molecule has 5 heteroatoms. The van der Waals surface area contributed by atoms with Gasteiger partial charge in [0.25, 0.3) is 5.91 Å². The first-order chi connectivity index (χ1) is 12.7. The van der Waals surface area contributed by atoms with E-state index in [1.165, 1.54) is 0 Å². The van der Waals surface area contributed by atoms with Gasteiger partial charge in [0.05, 0.1) is 12.1 Å². The van der Waals surface area contributed by atoms with E-state index in [9.17, 15) is 4.79 Å². The minimum atomic E-state index is -0.0996. The lowest BCUT2D eigenvalue weighted by molar-refractivity contribution is 0.0679. The number of nitrogens with one attached hydrogen (secondary N) is 1. The van der Waals surface area contributed by atoms with E-state index in [4.69, 9.17) is 21.1 Å². The molecular formula is C21H24ClNO3. The average Bonchev–Trinajstić information content (AvgIpc) is 3.19. The van der Waals surface area contributed by atoms with Crippen LogP contribution in [0.15, 0.2) is 48.5 Å². The van der Waals surface area contributed by atoms with Gasteiger partial charge >= 0.3 is 0 Å². The van der Waals surface area contributed by atoms with Gasteiger partial charge in [-0.15, -0.1) is 0 Å². The number of hydrogen-bond acceptors (Lipinski definition) is 3. The molecule has 0 spiro atoms. The fourth-order valence-corrected chi connectivity index (χ4v) is 3.15. The third-order valence-corrected chi connectivity index (χ3v) is 4.81. The molecule has 0 radical (unpaired) electrons. The molecule has 1 heterocycles. The van der Waals surface area contributed by atoms with Crippen molar-refractivity contribution in [1.29, 1.82) is 0 Å². The SMILES string of the molecule is CCC(NC(=O)c1ccc(OCC2CCCO2)cc1)c1ccc(Cl)cc1. The lowest BCUT2D eigenvalue weighted by Gasteiger charge is -2.18. The maximum absolute atomic E-state index is 12.5. The van der Waals surface area contributed by atoms with Crippen molar-refractivity contribution in [1.82, 2.24) is 5.32 Å². The molecule has 26 heavy (non-hydrogen) atoms. The molecule has 4 nitrogen and oxygen atoms in total. The largest absolute Gasteiger partial charge is 0.491 e. The predicted molar refractivity (Wildman–Crippen MR) is 103 cm³/mol. The van der Waals surface area contributed by atoms with Gasteiger partial charge < -0.3 is 14.8 Å². The van der Waals surface area contributed by atoms with Crippen LogP contribution >= 0.6 is 11.6 Å². The van der Waals surface area contributed by atoms with Crippen LogP contribution in [0.4, 0.5) is 0 Å². The second kappa shape index (κ2) is 9.06. The van der Waals surface area contributed by atoms with Crippen molar-refractivity contribution in [3.05, 3.63) is 64.7 Å². The summed E-state index contributed by atoms with van der Waals surface area (Å²) in [5.74, 6) is 0.652. The summed E-state index contributed by atoms with van der Waals surface area (Å²) in [5.41, 5.74) is 1.66. The van der Waals surface area contributed by atoms with Crippen molar-refractivity contribution in [2.45, 2.75) is 38.3 Å². The van der Waals surface area contributed by atoms with E-state index in [0.717, 1.165) is 37.2 Å². The topological polar surface area (TPSA) is 47.6 Å². The molecule has 138 valence electrons. The van der Waals surface area contributed by atoms with Crippen LogP contribution in [0.3, 0.4) is 0 Å². The fourth-order valence-electron chi connectivity index (χ4n) is 3.03. The van der Waals surface area contributed by atoms with Crippen LogP contribution in [-0.4, -0.2) is 25.2 Å². The van der Waals surface area contributed by atoms with Gasteiger partial charge in [0.1, 0.15) is 12.4 Å². The summed E-state index contributed by atoms with van der Waals surface area (Å²) in [6, 6.07) is 14.7. The van der Waals surface area contributed by atoms with E-state index in [0.29, 0.717) is 17.2 Å². The molecule has 1 N–H and O–H groups in total. The number of amides is 1. The predicted octanol–water partition coefficient (Wildman–Crippen LogP) is 4.78. The Hall–Kier alpha value is -2.04. The van der Waals surface area contributed by atoms with Crippen molar-refractivity contribution < 1.29 is 14.3 Å². The molecule has 0 aromatic heterocycles. The Morgan fingerprint density at radius 3 is 2.58 bits per heavy atom. The minimum absolute atomic E-state index is 0.0461. The Morgan fingerprint density at radius 2 is 1.96 bits per heavy atom. The number of carbonyl (C=O) groups is 1. The highest BCUT2D eigenvalue weighted by Crippen LogP contribution is 2.21. The Labute approximate surface area is 159 Å². The number of ether oxygens (including phenoxy) is 2. The van der Waals surface area contributed by atoms with Crippen LogP contribution in [0.2, 0.25) is 5.02 Å². The molecule has 0 aliphatic carbocycles. The van der Waals surface area contributed by atoms with Gasteiger partial charge in [-0.05, 0) is 61.2 Å². The van der Waals surface area contributed by atoms with Crippen LogP contribution in [0.5, 0.6) is 5.75 Å². The number of hydrogen-bond donors (Lipinski definition) is 1. The van der Waals surface area contributed by atoms with Crippen molar-refractivity contribution >= 4 is 17.5 Å². The van der Waals surface area contributed by atoms with Crippen molar-refractivity contribution in [3.63, 3.8) is 0 Å². The molecule has 1 aliphatic rings. The zero-order valence-electron chi connectivity index (χ0n) is 14.9. The zero-order valence-corrected chi connectivity index (χ0v) is 15.7. The molecule has 2 aromatic rings.